The van der Waals surface area contributed by atoms with Gasteiger partial charge < -0.3 is 14.8 Å². The standard InChI is InChI=1S/C22H28N2O5S/c1-16(9-10-18-7-5-4-6-8-18)23-22(25)17(2)24(30(3,26)27)19-11-12-20-21(15-19)29-14-13-28-20/h4-8,11-12,15-17H,9-10,13-14H2,1-3H3,(H,23,25)/t16-,17-/m0/s1. The van der Waals surface area contributed by atoms with Gasteiger partial charge in [0.15, 0.2) is 11.5 Å². The number of amides is 1. The third-order valence-corrected chi connectivity index (χ3v) is 6.21. The number of hydrogen-bond donors (Lipinski definition) is 1. The van der Waals surface area contributed by atoms with Crippen LogP contribution in [0.2, 0.25) is 0 Å². The summed E-state index contributed by atoms with van der Waals surface area (Å²) in [5.41, 5.74) is 1.56. The summed E-state index contributed by atoms with van der Waals surface area (Å²) in [5.74, 6) is 0.678. The van der Waals surface area contributed by atoms with E-state index in [0.29, 0.717) is 30.4 Å². The molecule has 1 heterocycles. The summed E-state index contributed by atoms with van der Waals surface area (Å²) in [6.07, 6.45) is 2.67. The molecule has 1 aliphatic heterocycles. The SMILES string of the molecule is C[C@@H](CCc1ccccc1)NC(=O)[C@H](C)N(c1ccc2c(c1)OCCO2)S(C)(=O)=O. The number of sulfonamides is 1. The maximum atomic E-state index is 12.8. The van der Waals surface area contributed by atoms with Crippen LogP contribution < -0.4 is 19.1 Å². The van der Waals surface area contributed by atoms with Crippen molar-refractivity contribution in [2.45, 2.75) is 38.8 Å². The summed E-state index contributed by atoms with van der Waals surface area (Å²) in [4.78, 5) is 12.8. The molecule has 0 aliphatic carbocycles. The molecule has 0 spiro atoms. The van der Waals surface area contributed by atoms with Crippen LogP contribution in [0.1, 0.15) is 25.8 Å². The Morgan fingerprint density at radius 3 is 2.40 bits per heavy atom. The van der Waals surface area contributed by atoms with Crippen LogP contribution in [-0.4, -0.2) is 45.9 Å². The molecule has 162 valence electrons. The van der Waals surface area contributed by atoms with E-state index in [1.165, 1.54) is 5.56 Å². The van der Waals surface area contributed by atoms with Crippen molar-refractivity contribution in [2.24, 2.45) is 0 Å². The van der Waals surface area contributed by atoms with Gasteiger partial charge in [0.25, 0.3) is 0 Å². The second-order valence-corrected chi connectivity index (χ2v) is 9.36. The summed E-state index contributed by atoms with van der Waals surface area (Å²) < 4.78 is 37.2. The van der Waals surface area contributed by atoms with E-state index >= 15 is 0 Å². The first kappa shape index (κ1) is 22.0. The van der Waals surface area contributed by atoms with Gasteiger partial charge in [0.2, 0.25) is 15.9 Å². The zero-order chi connectivity index (χ0) is 21.7. The lowest BCUT2D eigenvalue weighted by atomic mass is 10.1. The fraction of sp³-hybridized carbons (Fsp3) is 0.409. The molecule has 0 aromatic heterocycles. The topological polar surface area (TPSA) is 84.9 Å². The van der Waals surface area contributed by atoms with E-state index in [-0.39, 0.29) is 11.9 Å². The zero-order valence-electron chi connectivity index (χ0n) is 17.5. The van der Waals surface area contributed by atoms with E-state index in [2.05, 4.69) is 5.32 Å². The highest BCUT2D eigenvalue weighted by Gasteiger charge is 2.30. The first-order valence-corrected chi connectivity index (χ1v) is 11.8. The Balaban J connectivity index is 1.70. The molecular weight excluding hydrogens is 404 g/mol. The Labute approximate surface area is 178 Å². The maximum Gasteiger partial charge on any atom is 0.243 e. The molecule has 0 fully saturated rings. The van der Waals surface area contributed by atoms with Crippen molar-refractivity contribution in [2.75, 3.05) is 23.8 Å². The van der Waals surface area contributed by atoms with Crippen molar-refractivity contribution < 1.29 is 22.7 Å². The Morgan fingerprint density at radius 1 is 1.07 bits per heavy atom. The average molecular weight is 433 g/mol. The van der Waals surface area contributed by atoms with E-state index in [9.17, 15) is 13.2 Å². The van der Waals surface area contributed by atoms with Crippen LogP contribution in [-0.2, 0) is 21.2 Å². The smallest absolute Gasteiger partial charge is 0.243 e. The number of aryl methyl sites for hydroxylation is 1. The van der Waals surface area contributed by atoms with E-state index in [0.717, 1.165) is 23.4 Å². The summed E-state index contributed by atoms with van der Waals surface area (Å²) in [6.45, 7) is 4.34. The third kappa shape index (κ3) is 5.44. The second kappa shape index (κ2) is 9.38. The predicted octanol–water partition coefficient (Wildman–Crippen LogP) is 2.75. The van der Waals surface area contributed by atoms with Crippen molar-refractivity contribution in [3.8, 4) is 11.5 Å². The Bertz CT molecular complexity index is 978. The molecule has 30 heavy (non-hydrogen) atoms. The van der Waals surface area contributed by atoms with Crippen LogP contribution >= 0.6 is 0 Å². The lowest BCUT2D eigenvalue weighted by Gasteiger charge is -2.30. The number of nitrogens with zero attached hydrogens (tertiary/aromatic N) is 1. The van der Waals surface area contributed by atoms with Gasteiger partial charge in [-0.05, 0) is 44.4 Å². The van der Waals surface area contributed by atoms with Crippen molar-refractivity contribution in [1.82, 2.24) is 5.32 Å². The molecule has 2 atom stereocenters. The highest BCUT2D eigenvalue weighted by molar-refractivity contribution is 7.92. The number of benzene rings is 2. The molecule has 8 heteroatoms. The first-order valence-electron chi connectivity index (χ1n) is 9.99. The van der Waals surface area contributed by atoms with Crippen LogP contribution in [0.3, 0.4) is 0 Å². The molecule has 0 saturated carbocycles. The van der Waals surface area contributed by atoms with Gasteiger partial charge in [-0.15, -0.1) is 0 Å². The quantitative estimate of drug-likeness (QED) is 0.693. The number of rotatable bonds is 8. The van der Waals surface area contributed by atoms with Gasteiger partial charge in [-0.25, -0.2) is 8.42 Å². The van der Waals surface area contributed by atoms with Crippen LogP contribution in [0.15, 0.2) is 48.5 Å². The number of carbonyl (C=O) groups excluding carboxylic acids is 1. The molecule has 2 aromatic carbocycles. The van der Waals surface area contributed by atoms with Crippen molar-refractivity contribution >= 4 is 21.6 Å². The number of ether oxygens (including phenoxy) is 2. The molecule has 3 rings (SSSR count). The fourth-order valence-corrected chi connectivity index (χ4v) is 4.61. The number of anilines is 1. The largest absolute Gasteiger partial charge is 0.486 e. The summed E-state index contributed by atoms with van der Waals surface area (Å²) in [6, 6.07) is 13.9. The van der Waals surface area contributed by atoms with Gasteiger partial charge >= 0.3 is 0 Å². The normalized spacial score (nSPS) is 15.2. The molecule has 7 nitrogen and oxygen atoms in total. The van der Waals surface area contributed by atoms with Gasteiger partial charge in [0, 0.05) is 12.1 Å². The van der Waals surface area contributed by atoms with Crippen LogP contribution in [0.25, 0.3) is 0 Å². The molecule has 1 N–H and O–H groups in total. The molecule has 0 saturated heterocycles. The predicted molar refractivity (Wildman–Crippen MR) is 117 cm³/mol. The molecule has 0 unspecified atom stereocenters. The Kier molecular flexibility index (Phi) is 6.87. The minimum Gasteiger partial charge on any atom is -0.486 e. The number of carbonyl (C=O) groups is 1. The minimum absolute atomic E-state index is 0.0955. The Morgan fingerprint density at radius 2 is 1.73 bits per heavy atom. The number of nitrogens with one attached hydrogen (secondary N) is 1. The second-order valence-electron chi connectivity index (χ2n) is 7.50. The van der Waals surface area contributed by atoms with E-state index in [1.807, 2.05) is 37.3 Å². The molecule has 0 bridgehead atoms. The van der Waals surface area contributed by atoms with Crippen LogP contribution in [0.5, 0.6) is 11.5 Å². The van der Waals surface area contributed by atoms with E-state index in [1.54, 1.807) is 25.1 Å². The van der Waals surface area contributed by atoms with Crippen molar-refractivity contribution in [1.29, 1.82) is 0 Å². The maximum absolute atomic E-state index is 12.8. The number of hydrogen-bond acceptors (Lipinski definition) is 5. The molecular formula is C22H28N2O5S. The summed E-state index contributed by atoms with van der Waals surface area (Å²) >= 11 is 0. The number of fused-ring (bicyclic) bond motifs is 1. The summed E-state index contributed by atoms with van der Waals surface area (Å²) in [7, 11) is -3.70. The summed E-state index contributed by atoms with van der Waals surface area (Å²) in [5, 5.41) is 2.93. The van der Waals surface area contributed by atoms with Gasteiger partial charge in [-0.1, -0.05) is 30.3 Å². The fourth-order valence-electron chi connectivity index (χ4n) is 3.44. The van der Waals surface area contributed by atoms with E-state index in [4.69, 9.17) is 9.47 Å². The van der Waals surface area contributed by atoms with Gasteiger partial charge in [-0.2, -0.15) is 0 Å². The highest BCUT2D eigenvalue weighted by atomic mass is 32.2. The first-order chi connectivity index (χ1) is 14.3. The van der Waals surface area contributed by atoms with Crippen LogP contribution in [0.4, 0.5) is 5.69 Å². The minimum atomic E-state index is -3.70. The van der Waals surface area contributed by atoms with Gasteiger partial charge in [0.05, 0.1) is 11.9 Å². The molecule has 2 aromatic rings. The third-order valence-electron chi connectivity index (χ3n) is 4.97. The molecule has 0 radical (unpaired) electrons. The monoisotopic (exact) mass is 432 g/mol. The average Bonchev–Trinajstić information content (AvgIpc) is 2.72. The lowest BCUT2D eigenvalue weighted by Crippen LogP contribution is -2.50. The van der Waals surface area contributed by atoms with Crippen molar-refractivity contribution in [3.63, 3.8) is 0 Å². The molecule has 1 aliphatic rings. The Hall–Kier alpha value is -2.74. The van der Waals surface area contributed by atoms with Crippen molar-refractivity contribution in [3.05, 3.63) is 54.1 Å². The zero-order valence-corrected chi connectivity index (χ0v) is 18.3. The highest BCUT2D eigenvalue weighted by Crippen LogP contribution is 2.35. The molecule has 1 amide bonds. The van der Waals surface area contributed by atoms with Crippen LogP contribution in [0, 0.1) is 0 Å². The van der Waals surface area contributed by atoms with E-state index < -0.39 is 16.1 Å². The lowest BCUT2D eigenvalue weighted by molar-refractivity contribution is -0.122. The van der Waals surface area contributed by atoms with Gasteiger partial charge in [0.1, 0.15) is 19.3 Å². The van der Waals surface area contributed by atoms with Gasteiger partial charge in [-0.3, -0.25) is 9.10 Å².